The lowest BCUT2D eigenvalue weighted by molar-refractivity contribution is -0.177. The van der Waals surface area contributed by atoms with Crippen molar-refractivity contribution in [1.29, 1.82) is 0 Å². The highest BCUT2D eigenvalue weighted by Crippen LogP contribution is 2.65. The smallest absolute Gasteiger partial charge is 0.399 e. The summed E-state index contributed by atoms with van der Waals surface area (Å²) in [6, 6.07) is 3.03. The molecule has 2 bridgehead atoms. The number of amides is 1. The van der Waals surface area contributed by atoms with Gasteiger partial charge in [0.25, 0.3) is 5.78 Å². The highest BCUT2D eigenvalue weighted by Gasteiger charge is 2.62. The van der Waals surface area contributed by atoms with E-state index in [0.717, 1.165) is 42.7 Å². The van der Waals surface area contributed by atoms with Gasteiger partial charge in [0.15, 0.2) is 0 Å². The number of hydrogen-bond acceptors (Lipinski definition) is 6. The van der Waals surface area contributed by atoms with Crippen LogP contribution in [0.3, 0.4) is 0 Å². The monoisotopic (exact) mass is 485 g/mol. The lowest BCUT2D eigenvalue weighted by atomic mass is 9.44. The predicted molar refractivity (Wildman–Crippen MR) is 122 cm³/mol. The van der Waals surface area contributed by atoms with Crippen molar-refractivity contribution in [3.05, 3.63) is 46.4 Å². The Bertz CT molecular complexity index is 1350. The number of alkyl halides is 3. The highest BCUT2D eigenvalue weighted by atomic mass is 19.4. The van der Waals surface area contributed by atoms with Crippen molar-refractivity contribution in [2.24, 2.45) is 11.3 Å². The molecule has 0 saturated heterocycles. The molecule has 0 radical (unpaired) electrons. The third kappa shape index (κ3) is 3.42. The van der Waals surface area contributed by atoms with E-state index >= 15 is 0 Å². The van der Waals surface area contributed by atoms with E-state index in [-0.39, 0.29) is 17.0 Å². The fourth-order valence-corrected chi connectivity index (χ4v) is 5.87. The molecule has 3 fully saturated rings. The summed E-state index contributed by atoms with van der Waals surface area (Å²) in [5.41, 5.74) is 7.05. The second kappa shape index (κ2) is 7.32. The molecule has 4 aliphatic rings. The fourth-order valence-electron chi connectivity index (χ4n) is 5.87. The van der Waals surface area contributed by atoms with Crippen LogP contribution in [0.4, 0.5) is 24.7 Å². The quantitative estimate of drug-likeness (QED) is 0.544. The number of fused-ring (bicyclic) bond motifs is 3. The van der Waals surface area contributed by atoms with Gasteiger partial charge in [-0.15, -0.1) is 10.2 Å². The Hall–Kier alpha value is -3.37. The Labute approximate surface area is 199 Å². The van der Waals surface area contributed by atoms with E-state index in [0.29, 0.717) is 48.4 Å². The molecule has 184 valence electrons. The summed E-state index contributed by atoms with van der Waals surface area (Å²) < 4.78 is 41.9. The zero-order chi connectivity index (χ0) is 24.7. The van der Waals surface area contributed by atoms with Crippen LogP contribution in [0.2, 0.25) is 0 Å². The maximum atomic E-state index is 13.3. The van der Waals surface area contributed by atoms with Gasteiger partial charge >= 0.3 is 6.18 Å². The first-order valence-corrected chi connectivity index (χ1v) is 11.8. The molecule has 3 saturated carbocycles. The molecule has 1 amide bonds. The topological polar surface area (TPSA) is 101 Å². The number of benzene rings is 1. The van der Waals surface area contributed by atoms with Gasteiger partial charge in [-0.25, -0.2) is 0 Å². The summed E-state index contributed by atoms with van der Waals surface area (Å²) in [6.45, 7) is 4.60. The van der Waals surface area contributed by atoms with Crippen LogP contribution < -0.4 is 11.1 Å². The summed E-state index contributed by atoms with van der Waals surface area (Å²) >= 11 is 0. The zero-order valence-corrected chi connectivity index (χ0v) is 19.5. The number of aromatic nitrogens is 4. The van der Waals surface area contributed by atoms with E-state index < -0.39 is 17.8 Å². The molecule has 3 aliphatic carbocycles. The minimum Gasteiger partial charge on any atom is -0.399 e. The van der Waals surface area contributed by atoms with Crippen LogP contribution in [0.25, 0.3) is 5.78 Å². The Morgan fingerprint density at radius 1 is 1.23 bits per heavy atom. The molecule has 3 aromatic rings. The third-order valence-corrected chi connectivity index (χ3v) is 7.83. The summed E-state index contributed by atoms with van der Waals surface area (Å²) in [5, 5.41) is 11.6. The van der Waals surface area contributed by atoms with Gasteiger partial charge in [0.2, 0.25) is 5.91 Å². The molecule has 8 nitrogen and oxygen atoms in total. The van der Waals surface area contributed by atoms with Crippen LogP contribution in [0, 0.1) is 18.3 Å². The standard InChI is InChI=1S/C24H26F3N7O/c1-12(15-5-16(24(25,26)27)7-17(28)6-15)29-20-18-11-33(21(35)23-8-14(9-23)10-23)4-3-19(18)34-13(2)31-32-22(34)30-20/h5-7,12,14H,3-4,8-11,28H2,1-2H3,(H,29,30,32)/t12-,14?,23?/m1/s1. The van der Waals surface area contributed by atoms with Gasteiger partial charge in [0, 0.05) is 29.9 Å². The van der Waals surface area contributed by atoms with E-state index in [4.69, 9.17) is 5.73 Å². The van der Waals surface area contributed by atoms with Crippen molar-refractivity contribution >= 4 is 23.2 Å². The van der Waals surface area contributed by atoms with Gasteiger partial charge in [0.1, 0.15) is 11.6 Å². The normalized spacial score (nSPS) is 23.9. The van der Waals surface area contributed by atoms with Crippen molar-refractivity contribution in [1.82, 2.24) is 24.5 Å². The van der Waals surface area contributed by atoms with Crippen LogP contribution in [-0.4, -0.2) is 36.9 Å². The molecule has 3 N–H and O–H groups in total. The summed E-state index contributed by atoms with van der Waals surface area (Å²) in [7, 11) is 0. The molecular weight excluding hydrogens is 459 g/mol. The van der Waals surface area contributed by atoms with Gasteiger partial charge in [-0.1, -0.05) is 0 Å². The molecule has 1 aliphatic heterocycles. The van der Waals surface area contributed by atoms with Crippen molar-refractivity contribution in [2.75, 3.05) is 17.6 Å². The number of anilines is 2. The number of carbonyl (C=O) groups excluding carboxylic acids is 1. The number of hydrogen-bond donors (Lipinski definition) is 2. The predicted octanol–water partition coefficient (Wildman–Crippen LogP) is 3.89. The summed E-state index contributed by atoms with van der Waals surface area (Å²) in [6.07, 6.45) is -0.929. The number of aryl methyl sites for hydroxylation is 1. The Kier molecular flexibility index (Phi) is 4.62. The van der Waals surface area contributed by atoms with Gasteiger partial charge in [-0.2, -0.15) is 18.2 Å². The second-order valence-electron chi connectivity index (χ2n) is 10.3. The summed E-state index contributed by atoms with van der Waals surface area (Å²) in [4.78, 5) is 19.8. The van der Waals surface area contributed by atoms with E-state index in [1.807, 2.05) is 16.2 Å². The van der Waals surface area contributed by atoms with E-state index in [1.54, 1.807) is 6.92 Å². The molecule has 35 heavy (non-hydrogen) atoms. The SMILES string of the molecule is Cc1nnc2nc(N[C@H](C)c3cc(N)cc(C(F)(F)F)c3)c3c(n12)CCN(C(=O)C12CC(C1)C2)C3. The van der Waals surface area contributed by atoms with Crippen LogP contribution in [0.1, 0.15) is 60.4 Å². The molecule has 11 heteroatoms. The van der Waals surface area contributed by atoms with Crippen LogP contribution in [0.5, 0.6) is 0 Å². The largest absolute Gasteiger partial charge is 0.416 e. The van der Waals surface area contributed by atoms with Crippen molar-refractivity contribution < 1.29 is 18.0 Å². The number of nitrogen functional groups attached to an aromatic ring is 1. The lowest BCUT2D eigenvalue weighted by Gasteiger charge is -2.61. The van der Waals surface area contributed by atoms with Gasteiger partial charge in [-0.3, -0.25) is 9.20 Å². The Morgan fingerprint density at radius 3 is 2.63 bits per heavy atom. The lowest BCUT2D eigenvalue weighted by Crippen LogP contribution is -2.61. The number of rotatable bonds is 4. The van der Waals surface area contributed by atoms with Crippen molar-refractivity contribution in [3.63, 3.8) is 0 Å². The maximum Gasteiger partial charge on any atom is 0.416 e. The van der Waals surface area contributed by atoms with Gasteiger partial charge in [-0.05, 0) is 62.8 Å². The minimum absolute atomic E-state index is 0.0392. The van der Waals surface area contributed by atoms with Crippen LogP contribution >= 0.6 is 0 Å². The Balaban J connectivity index is 1.36. The third-order valence-electron chi connectivity index (χ3n) is 7.83. The molecule has 2 aromatic heterocycles. The van der Waals surface area contributed by atoms with E-state index in [1.165, 1.54) is 6.07 Å². The summed E-state index contributed by atoms with van der Waals surface area (Å²) in [5.74, 6) is 2.52. The molecule has 7 rings (SSSR count). The fraction of sp³-hybridized carbons (Fsp3) is 0.500. The number of nitrogens with one attached hydrogen (secondary N) is 1. The van der Waals surface area contributed by atoms with Crippen molar-refractivity contribution in [3.8, 4) is 0 Å². The first-order chi connectivity index (χ1) is 16.5. The minimum atomic E-state index is -4.50. The van der Waals surface area contributed by atoms with Gasteiger partial charge in [0.05, 0.1) is 23.6 Å². The number of nitrogens with two attached hydrogens (primary N) is 1. The zero-order valence-electron chi connectivity index (χ0n) is 19.5. The first kappa shape index (κ1) is 22.1. The van der Waals surface area contributed by atoms with E-state index in [9.17, 15) is 18.0 Å². The van der Waals surface area contributed by atoms with Crippen LogP contribution in [0.15, 0.2) is 18.2 Å². The number of carbonyl (C=O) groups is 1. The average Bonchev–Trinajstić information content (AvgIpc) is 3.10. The van der Waals surface area contributed by atoms with E-state index in [2.05, 4.69) is 20.5 Å². The maximum absolute atomic E-state index is 13.3. The number of halogens is 3. The highest BCUT2D eigenvalue weighted by molar-refractivity contribution is 5.86. The molecule has 0 spiro atoms. The molecule has 1 aromatic carbocycles. The van der Waals surface area contributed by atoms with Gasteiger partial charge < -0.3 is 16.0 Å². The van der Waals surface area contributed by atoms with Crippen molar-refractivity contribution in [2.45, 2.75) is 58.3 Å². The Morgan fingerprint density at radius 2 is 1.97 bits per heavy atom. The second-order valence-corrected chi connectivity index (χ2v) is 10.3. The molecule has 1 atom stereocenters. The average molecular weight is 486 g/mol. The molecular formula is C24H26F3N7O. The van der Waals surface area contributed by atoms with Crippen LogP contribution in [-0.2, 0) is 23.9 Å². The molecule has 0 unspecified atom stereocenters. The number of nitrogens with zero attached hydrogens (tertiary/aromatic N) is 5. The first-order valence-electron chi connectivity index (χ1n) is 11.8. The molecule has 3 heterocycles.